The number of fused-ring (bicyclic) bond motifs is 1. The molecule has 2 aromatic carbocycles. The van der Waals surface area contributed by atoms with Crippen molar-refractivity contribution in [3.63, 3.8) is 0 Å². The van der Waals surface area contributed by atoms with Crippen LogP contribution in [0.5, 0.6) is 11.5 Å². The Hall–Kier alpha value is -1.10. The number of hydrogen-bond acceptors (Lipinski definition) is 3. The van der Waals surface area contributed by atoms with Gasteiger partial charge in [0.25, 0.3) is 0 Å². The lowest BCUT2D eigenvalue weighted by atomic mass is 10.2. The fourth-order valence-electron chi connectivity index (χ4n) is 2.10. The smallest absolute Gasteiger partial charge is 0.179 e. The summed E-state index contributed by atoms with van der Waals surface area (Å²) in [6.45, 7) is 1.68. The molecule has 1 aliphatic rings. The monoisotopic (exact) mass is 387 g/mol. The predicted octanol–water partition coefficient (Wildman–Crippen LogP) is 5.14. The first-order chi connectivity index (χ1) is 10.1. The van der Waals surface area contributed by atoms with Crippen molar-refractivity contribution in [2.75, 3.05) is 18.5 Å². The third-order valence-corrected chi connectivity index (χ3v) is 4.77. The van der Waals surface area contributed by atoms with E-state index >= 15 is 0 Å². The maximum atomic E-state index is 6.22. The van der Waals surface area contributed by atoms with Crippen molar-refractivity contribution in [2.45, 2.75) is 6.54 Å². The Balaban J connectivity index is 1.79. The Morgan fingerprint density at radius 1 is 1.10 bits per heavy atom. The molecular formula is C15H12BrCl2NO2. The molecule has 3 nitrogen and oxygen atoms in total. The molecule has 0 bridgehead atoms. The lowest BCUT2D eigenvalue weighted by molar-refractivity contribution is 0.171. The molecule has 0 radical (unpaired) electrons. The van der Waals surface area contributed by atoms with Gasteiger partial charge in [0.05, 0.1) is 20.2 Å². The molecule has 6 heteroatoms. The van der Waals surface area contributed by atoms with Crippen molar-refractivity contribution >= 4 is 44.8 Å². The van der Waals surface area contributed by atoms with Crippen LogP contribution in [-0.2, 0) is 6.54 Å². The van der Waals surface area contributed by atoms with Crippen molar-refractivity contribution in [1.29, 1.82) is 0 Å². The van der Waals surface area contributed by atoms with Gasteiger partial charge < -0.3 is 14.8 Å². The van der Waals surface area contributed by atoms with Crippen LogP contribution in [0.25, 0.3) is 0 Å². The van der Waals surface area contributed by atoms with Gasteiger partial charge in [-0.1, -0.05) is 29.3 Å². The van der Waals surface area contributed by atoms with Crippen molar-refractivity contribution in [3.05, 3.63) is 50.4 Å². The molecule has 0 aliphatic carbocycles. The fourth-order valence-corrected chi connectivity index (χ4v) is 2.97. The topological polar surface area (TPSA) is 30.5 Å². The molecular weight excluding hydrogens is 377 g/mol. The minimum Gasteiger partial charge on any atom is -0.486 e. The Bertz CT molecular complexity index is 679. The Labute approximate surface area is 141 Å². The molecule has 1 heterocycles. The molecule has 21 heavy (non-hydrogen) atoms. The number of benzene rings is 2. The Kier molecular flexibility index (Phi) is 4.48. The van der Waals surface area contributed by atoms with E-state index in [9.17, 15) is 0 Å². The zero-order valence-corrected chi connectivity index (χ0v) is 14.1. The highest BCUT2D eigenvalue weighted by molar-refractivity contribution is 9.10. The highest BCUT2D eigenvalue weighted by atomic mass is 79.9. The Morgan fingerprint density at radius 2 is 1.90 bits per heavy atom. The molecule has 3 rings (SSSR count). The van der Waals surface area contributed by atoms with Crippen LogP contribution in [0.3, 0.4) is 0 Å². The fraction of sp³-hybridized carbons (Fsp3) is 0.200. The first-order valence-corrected chi connectivity index (χ1v) is 7.96. The summed E-state index contributed by atoms with van der Waals surface area (Å²) in [7, 11) is 0. The normalized spacial score (nSPS) is 13.1. The van der Waals surface area contributed by atoms with Crippen LogP contribution in [0, 0.1) is 0 Å². The van der Waals surface area contributed by atoms with Crippen LogP contribution >= 0.6 is 39.1 Å². The molecule has 0 saturated carbocycles. The molecule has 0 amide bonds. The van der Waals surface area contributed by atoms with Crippen LogP contribution in [0.2, 0.25) is 10.0 Å². The van der Waals surface area contributed by atoms with Gasteiger partial charge in [0.15, 0.2) is 11.5 Å². The molecule has 1 aliphatic heterocycles. The molecule has 0 spiro atoms. The van der Waals surface area contributed by atoms with E-state index in [1.807, 2.05) is 30.3 Å². The highest BCUT2D eigenvalue weighted by Gasteiger charge is 2.16. The number of hydrogen-bond donors (Lipinski definition) is 1. The molecule has 0 unspecified atom stereocenters. The molecule has 0 fully saturated rings. The summed E-state index contributed by atoms with van der Waals surface area (Å²) in [6.07, 6.45) is 0. The third-order valence-electron chi connectivity index (χ3n) is 3.09. The van der Waals surface area contributed by atoms with Gasteiger partial charge in [-0.3, -0.25) is 0 Å². The second kappa shape index (κ2) is 6.34. The minimum atomic E-state index is 0.528. The van der Waals surface area contributed by atoms with E-state index in [1.54, 1.807) is 0 Å². The van der Waals surface area contributed by atoms with E-state index in [0.29, 0.717) is 41.3 Å². The standard InChI is InChI=1S/C15H12BrCl2NO2/c16-14-10(17)2-1-3-12(14)19-8-9-6-11(18)15-13(7-9)20-4-5-21-15/h1-3,6-7,19H,4-5,8H2. The molecule has 1 N–H and O–H groups in total. The Morgan fingerprint density at radius 3 is 2.76 bits per heavy atom. The van der Waals surface area contributed by atoms with E-state index < -0.39 is 0 Å². The van der Waals surface area contributed by atoms with Crippen LogP contribution in [0.15, 0.2) is 34.8 Å². The van der Waals surface area contributed by atoms with Gasteiger partial charge in [-0.25, -0.2) is 0 Å². The average Bonchev–Trinajstić information content (AvgIpc) is 2.49. The first kappa shape index (κ1) is 14.8. The quantitative estimate of drug-likeness (QED) is 0.789. The van der Waals surface area contributed by atoms with Crippen molar-refractivity contribution in [3.8, 4) is 11.5 Å². The summed E-state index contributed by atoms with van der Waals surface area (Å²) < 4.78 is 11.9. The van der Waals surface area contributed by atoms with Gasteiger partial charge in [0.1, 0.15) is 13.2 Å². The summed E-state index contributed by atoms with van der Waals surface area (Å²) in [4.78, 5) is 0. The molecule has 2 aromatic rings. The lowest BCUT2D eigenvalue weighted by Crippen LogP contribution is -2.16. The van der Waals surface area contributed by atoms with Crippen molar-refractivity contribution in [2.24, 2.45) is 0 Å². The number of anilines is 1. The SMILES string of the molecule is Clc1cccc(NCc2cc(Cl)c3c(c2)OCCO3)c1Br. The van der Waals surface area contributed by atoms with Crippen LogP contribution in [-0.4, -0.2) is 13.2 Å². The van der Waals surface area contributed by atoms with Gasteiger partial charge in [-0.05, 0) is 45.8 Å². The number of rotatable bonds is 3. The van der Waals surface area contributed by atoms with Crippen LogP contribution in [0.1, 0.15) is 5.56 Å². The van der Waals surface area contributed by atoms with E-state index in [2.05, 4.69) is 21.2 Å². The second-order valence-electron chi connectivity index (χ2n) is 4.56. The number of halogens is 3. The third kappa shape index (κ3) is 3.23. The summed E-state index contributed by atoms with van der Waals surface area (Å²) in [5, 5.41) is 4.55. The summed E-state index contributed by atoms with van der Waals surface area (Å²) >= 11 is 15.8. The van der Waals surface area contributed by atoms with E-state index in [1.165, 1.54) is 0 Å². The van der Waals surface area contributed by atoms with Crippen LogP contribution in [0.4, 0.5) is 5.69 Å². The van der Waals surface area contributed by atoms with Gasteiger partial charge in [0, 0.05) is 6.54 Å². The molecule has 0 aromatic heterocycles. The van der Waals surface area contributed by atoms with E-state index in [4.69, 9.17) is 32.7 Å². The highest BCUT2D eigenvalue weighted by Crippen LogP contribution is 2.38. The molecule has 0 atom stereocenters. The largest absolute Gasteiger partial charge is 0.486 e. The van der Waals surface area contributed by atoms with Gasteiger partial charge in [-0.2, -0.15) is 0 Å². The van der Waals surface area contributed by atoms with E-state index in [-0.39, 0.29) is 0 Å². The van der Waals surface area contributed by atoms with Gasteiger partial charge >= 0.3 is 0 Å². The van der Waals surface area contributed by atoms with E-state index in [0.717, 1.165) is 15.7 Å². The molecule has 110 valence electrons. The summed E-state index contributed by atoms with van der Waals surface area (Å²) in [5.74, 6) is 1.31. The van der Waals surface area contributed by atoms with Crippen LogP contribution < -0.4 is 14.8 Å². The second-order valence-corrected chi connectivity index (χ2v) is 6.16. The molecule has 0 saturated heterocycles. The van der Waals surface area contributed by atoms with Gasteiger partial charge in [0.2, 0.25) is 0 Å². The summed E-state index contributed by atoms with van der Waals surface area (Å²) in [6, 6.07) is 9.49. The van der Waals surface area contributed by atoms with Gasteiger partial charge in [-0.15, -0.1) is 0 Å². The maximum Gasteiger partial charge on any atom is 0.179 e. The number of nitrogens with one attached hydrogen (secondary N) is 1. The zero-order valence-electron chi connectivity index (χ0n) is 11.0. The summed E-state index contributed by atoms with van der Waals surface area (Å²) in [5.41, 5.74) is 1.93. The zero-order chi connectivity index (χ0) is 14.8. The van der Waals surface area contributed by atoms with Crippen molar-refractivity contribution < 1.29 is 9.47 Å². The lowest BCUT2D eigenvalue weighted by Gasteiger charge is -2.20. The number of ether oxygens (including phenoxy) is 2. The maximum absolute atomic E-state index is 6.22. The predicted molar refractivity (Wildman–Crippen MR) is 88.9 cm³/mol. The van der Waals surface area contributed by atoms with Crippen molar-refractivity contribution in [1.82, 2.24) is 0 Å². The first-order valence-electron chi connectivity index (χ1n) is 6.41. The average molecular weight is 389 g/mol. The minimum absolute atomic E-state index is 0.528.